The lowest BCUT2D eigenvalue weighted by Gasteiger charge is -2.12. The van der Waals surface area contributed by atoms with Gasteiger partial charge in [-0.2, -0.15) is 0 Å². The van der Waals surface area contributed by atoms with Crippen LogP contribution in [0.15, 0.2) is 106 Å². The molecule has 0 atom stereocenters. The highest BCUT2D eigenvalue weighted by Gasteiger charge is 2.20. The Labute approximate surface area is 175 Å². The fourth-order valence-corrected chi connectivity index (χ4v) is 5.68. The lowest BCUT2D eigenvalue weighted by Crippen LogP contribution is -2.11. The van der Waals surface area contributed by atoms with E-state index in [4.69, 9.17) is 0 Å². The van der Waals surface area contributed by atoms with Crippen molar-refractivity contribution in [2.24, 2.45) is 0 Å². The molecule has 0 aliphatic carbocycles. The van der Waals surface area contributed by atoms with Crippen LogP contribution in [0.1, 0.15) is 11.1 Å². The topological polar surface area (TPSA) is 39.1 Å². The second-order valence-electron chi connectivity index (χ2n) is 6.81. The fourth-order valence-electron chi connectivity index (χ4n) is 3.33. The molecule has 0 radical (unpaired) electrons. The zero-order chi connectivity index (χ0) is 20.4. The van der Waals surface area contributed by atoms with Gasteiger partial charge in [0.25, 0.3) is 10.0 Å². The summed E-state index contributed by atoms with van der Waals surface area (Å²) in [6.07, 6.45) is 4.17. The predicted octanol–water partition coefficient (Wildman–Crippen LogP) is 6.07. The molecule has 0 aliphatic rings. The number of hydrogen-bond acceptors (Lipinski definition) is 3. The molecule has 0 bridgehead atoms. The molecule has 4 aromatic rings. The van der Waals surface area contributed by atoms with Gasteiger partial charge in [0.05, 0.1) is 10.4 Å². The molecule has 5 heteroatoms. The molecular weight excluding hydrogens is 398 g/mol. The summed E-state index contributed by atoms with van der Waals surface area (Å²) in [6, 6.07) is 22.9. The van der Waals surface area contributed by atoms with Crippen LogP contribution in [-0.4, -0.2) is 12.4 Å². The summed E-state index contributed by atoms with van der Waals surface area (Å²) >= 11 is 1.68. The van der Waals surface area contributed by atoms with Crippen LogP contribution in [0.4, 0.5) is 0 Å². The van der Waals surface area contributed by atoms with Gasteiger partial charge in [0.15, 0.2) is 0 Å². The molecule has 0 N–H and O–H groups in total. The summed E-state index contributed by atoms with van der Waals surface area (Å²) in [7, 11) is -3.66. The van der Waals surface area contributed by atoms with Crippen LogP contribution in [0.25, 0.3) is 10.9 Å². The molecule has 3 nitrogen and oxygen atoms in total. The third-order valence-corrected chi connectivity index (χ3v) is 7.62. The van der Waals surface area contributed by atoms with Gasteiger partial charge in [-0.1, -0.05) is 53.7 Å². The van der Waals surface area contributed by atoms with Gasteiger partial charge in [0.2, 0.25) is 0 Å². The van der Waals surface area contributed by atoms with E-state index >= 15 is 0 Å². The quantitative estimate of drug-likeness (QED) is 0.356. The second-order valence-corrected chi connectivity index (χ2v) is 9.74. The second kappa shape index (κ2) is 7.93. The standard InChI is InChI=1S/C24H21NO2S2/c1-3-7-22-21-16-17-25(29(26,27)20-12-10-18(2)11-13-20)23(21)14-15-24(22)28-19-8-5-4-6-9-19/h3-6,8-17H,1,7H2,2H3. The van der Waals surface area contributed by atoms with Crippen LogP contribution in [0.5, 0.6) is 0 Å². The van der Waals surface area contributed by atoms with Crippen LogP contribution >= 0.6 is 11.8 Å². The van der Waals surface area contributed by atoms with Crippen molar-refractivity contribution in [1.82, 2.24) is 3.97 Å². The van der Waals surface area contributed by atoms with E-state index in [9.17, 15) is 8.42 Å². The van der Waals surface area contributed by atoms with E-state index in [2.05, 4.69) is 18.7 Å². The van der Waals surface area contributed by atoms with Crippen molar-refractivity contribution in [3.8, 4) is 0 Å². The first-order valence-electron chi connectivity index (χ1n) is 9.29. The molecule has 1 aromatic heterocycles. The van der Waals surface area contributed by atoms with Crippen LogP contribution < -0.4 is 0 Å². The first-order valence-corrected chi connectivity index (χ1v) is 11.6. The molecule has 0 saturated heterocycles. The number of hydrogen-bond donors (Lipinski definition) is 0. The summed E-state index contributed by atoms with van der Waals surface area (Å²) in [5, 5.41) is 0.932. The SMILES string of the molecule is C=CCc1c(Sc2ccccc2)ccc2c1ccn2S(=O)(=O)c1ccc(C)cc1. The van der Waals surface area contributed by atoms with E-state index in [-0.39, 0.29) is 4.90 Å². The van der Waals surface area contributed by atoms with Crippen molar-refractivity contribution >= 4 is 32.7 Å². The minimum atomic E-state index is -3.66. The highest BCUT2D eigenvalue weighted by atomic mass is 32.2. The lowest BCUT2D eigenvalue weighted by molar-refractivity contribution is 0.589. The molecule has 0 unspecified atom stereocenters. The third kappa shape index (κ3) is 3.76. The zero-order valence-electron chi connectivity index (χ0n) is 16.1. The minimum Gasteiger partial charge on any atom is -0.241 e. The van der Waals surface area contributed by atoms with Crippen molar-refractivity contribution in [3.63, 3.8) is 0 Å². The Bertz CT molecular complexity index is 1270. The van der Waals surface area contributed by atoms with Gasteiger partial charge < -0.3 is 0 Å². The van der Waals surface area contributed by atoms with Crippen molar-refractivity contribution in [1.29, 1.82) is 0 Å². The molecule has 4 rings (SSSR count). The molecule has 0 spiro atoms. The lowest BCUT2D eigenvalue weighted by atomic mass is 10.1. The van der Waals surface area contributed by atoms with Crippen LogP contribution in [-0.2, 0) is 16.4 Å². The number of fused-ring (bicyclic) bond motifs is 1. The minimum absolute atomic E-state index is 0.286. The number of nitrogens with zero attached hydrogens (tertiary/aromatic N) is 1. The molecule has 0 saturated carbocycles. The Morgan fingerprint density at radius 1 is 0.966 bits per heavy atom. The van der Waals surface area contributed by atoms with Crippen LogP contribution in [0, 0.1) is 6.92 Å². The molecule has 0 aliphatic heterocycles. The smallest absolute Gasteiger partial charge is 0.241 e. The van der Waals surface area contributed by atoms with E-state index in [1.165, 1.54) is 3.97 Å². The number of allylic oxidation sites excluding steroid dienone is 1. The van der Waals surface area contributed by atoms with Gasteiger partial charge in [0, 0.05) is 21.4 Å². The summed E-state index contributed by atoms with van der Waals surface area (Å²) < 4.78 is 27.8. The Morgan fingerprint density at radius 2 is 1.69 bits per heavy atom. The van der Waals surface area contributed by atoms with E-state index < -0.39 is 10.0 Å². The van der Waals surface area contributed by atoms with Gasteiger partial charge >= 0.3 is 0 Å². The summed E-state index contributed by atoms with van der Waals surface area (Å²) in [6.45, 7) is 5.83. The van der Waals surface area contributed by atoms with Crippen molar-refractivity contribution in [3.05, 3.63) is 103 Å². The monoisotopic (exact) mass is 419 g/mol. The highest BCUT2D eigenvalue weighted by molar-refractivity contribution is 7.99. The normalized spacial score (nSPS) is 11.6. The van der Waals surface area contributed by atoms with E-state index in [1.807, 2.05) is 61.5 Å². The Balaban J connectivity index is 1.84. The molecule has 0 fully saturated rings. The number of aryl methyl sites for hydroxylation is 1. The maximum Gasteiger partial charge on any atom is 0.268 e. The maximum absolute atomic E-state index is 13.2. The maximum atomic E-state index is 13.2. The van der Waals surface area contributed by atoms with Crippen molar-refractivity contribution in [2.75, 3.05) is 0 Å². The van der Waals surface area contributed by atoms with Gasteiger partial charge in [0.1, 0.15) is 0 Å². The average molecular weight is 420 g/mol. The zero-order valence-corrected chi connectivity index (χ0v) is 17.7. The van der Waals surface area contributed by atoms with E-state index in [1.54, 1.807) is 30.1 Å². The van der Waals surface area contributed by atoms with Gasteiger partial charge in [-0.15, -0.1) is 6.58 Å². The average Bonchev–Trinajstić information content (AvgIpc) is 3.16. The third-order valence-electron chi connectivity index (χ3n) is 4.80. The Hall–Kier alpha value is -2.76. The predicted molar refractivity (Wildman–Crippen MR) is 120 cm³/mol. The number of rotatable bonds is 6. The van der Waals surface area contributed by atoms with Gasteiger partial charge in [-0.05, 0) is 61.4 Å². The fraction of sp³-hybridized carbons (Fsp3) is 0.0833. The highest BCUT2D eigenvalue weighted by Crippen LogP contribution is 2.36. The molecule has 3 aromatic carbocycles. The molecule has 1 heterocycles. The van der Waals surface area contributed by atoms with Crippen molar-refractivity contribution in [2.45, 2.75) is 28.0 Å². The first kappa shape index (κ1) is 19.6. The summed E-state index contributed by atoms with van der Waals surface area (Å²) in [5.41, 5.74) is 2.79. The number of benzene rings is 3. The molecule has 146 valence electrons. The van der Waals surface area contributed by atoms with Crippen LogP contribution in [0.3, 0.4) is 0 Å². The summed E-state index contributed by atoms with van der Waals surface area (Å²) in [4.78, 5) is 2.53. The van der Waals surface area contributed by atoms with E-state index in [0.29, 0.717) is 11.9 Å². The van der Waals surface area contributed by atoms with Crippen LogP contribution in [0.2, 0.25) is 0 Å². The van der Waals surface area contributed by atoms with Gasteiger partial charge in [-0.3, -0.25) is 0 Å². The van der Waals surface area contributed by atoms with Crippen molar-refractivity contribution < 1.29 is 8.42 Å². The Morgan fingerprint density at radius 3 is 2.38 bits per heavy atom. The van der Waals surface area contributed by atoms with E-state index in [0.717, 1.165) is 26.3 Å². The first-order chi connectivity index (χ1) is 14.0. The number of aromatic nitrogens is 1. The summed E-state index contributed by atoms with van der Waals surface area (Å²) in [5.74, 6) is 0. The largest absolute Gasteiger partial charge is 0.268 e. The molecule has 0 amide bonds. The van der Waals surface area contributed by atoms with Gasteiger partial charge in [-0.25, -0.2) is 12.4 Å². The molecular formula is C24H21NO2S2. The Kier molecular flexibility index (Phi) is 5.35. The molecule has 29 heavy (non-hydrogen) atoms.